The van der Waals surface area contributed by atoms with Gasteiger partial charge in [0.05, 0.1) is 0 Å². The second kappa shape index (κ2) is 4.15. The summed E-state index contributed by atoms with van der Waals surface area (Å²) in [5.41, 5.74) is -0.121. The van der Waals surface area contributed by atoms with Crippen molar-refractivity contribution in [2.75, 3.05) is 0 Å². The Morgan fingerprint density at radius 3 is 2.79 bits per heavy atom. The summed E-state index contributed by atoms with van der Waals surface area (Å²) in [7, 11) is 0. The van der Waals surface area contributed by atoms with E-state index < -0.39 is 5.54 Å². The largest absolute Gasteiger partial charge is 0.321 e. The summed E-state index contributed by atoms with van der Waals surface area (Å²) in [6, 6.07) is 5.52. The van der Waals surface area contributed by atoms with Crippen LogP contribution >= 0.6 is 0 Å². The number of rotatable bonds is 2. The summed E-state index contributed by atoms with van der Waals surface area (Å²) in [5, 5.41) is 0. The van der Waals surface area contributed by atoms with E-state index in [1.807, 2.05) is 0 Å². The van der Waals surface area contributed by atoms with Crippen LogP contribution in [0.25, 0.3) is 0 Å². The van der Waals surface area contributed by atoms with Crippen LogP contribution in [0.5, 0.6) is 0 Å². The third-order valence-electron chi connectivity index (χ3n) is 4.52. The number of hydrogen-bond donors (Lipinski definition) is 0. The molecule has 0 radical (unpaired) electrons. The van der Waals surface area contributed by atoms with Gasteiger partial charge in [-0.2, -0.15) is 0 Å². The zero-order valence-electron chi connectivity index (χ0n) is 11.3. The molecule has 1 saturated heterocycles. The van der Waals surface area contributed by atoms with Crippen LogP contribution < -0.4 is 0 Å². The lowest BCUT2D eigenvalue weighted by Gasteiger charge is -2.62. The molecule has 4 nitrogen and oxygen atoms in total. The normalized spacial score (nSPS) is 32.6. The highest BCUT2D eigenvalue weighted by atomic mass is 16.2. The first-order valence-electron chi connectivity index (χ1n) is 6.80. The molecule has 100 valence electrons. The standard InChI is InChI=1S/C15H18N2O2/c1-10-7-12-9-15(8-10,11(2)18)17(12)14(19)13-5-3-4-6-16-13/h3-6,10,12H,7-9H2,1-2H3/t10?,12?,15-/m0/s1. The van der Waals surface area contributed by atoms with Crippen LogP contribution in [-0.2, 0) is 4.79 Å². The molecular weight excluding hydrogens is 240 g/mol. The highest BCUT2D eigenvalue weighted by molar-refractivity contribution is 6.00. The van der Waals surface area contributed by atoms with Crippen LogP contribution in [0.1, 0.15) is 43.6 Å². The summed E-state index contributed by atoms with van der Waals surface area (Å²) in [4.78, 5) is 30.5. The quantitative estimate of drug-likeness (QED) is 0.815. The van der Waals surface area contributed by atoms with E-state index in [4.69, 9.17) is 0 Å². The van der Waals surface area contributed by atoms with Crippen molar-refractivity contribution in [1.29, 1.82) is 0 Å². The topological polar surface area (TPSA) is 50.3 Å². The van der Waals surface area contributed by atoms with Gasteiger partial charge in [-0.25, -0.2) is 0 Å². The van der Waals surface area contributed by atoms with Crippen molar-refractivity contribution in [2.24, 2.45) is 5.92 Å². The second-order valence-electron chi connectivity index (χ2n) is 5.88. The molecule has 3 atom stereocenters. The number of nitrogens with zero attached hydrogens (tertiary/aromatic N) is 2. The molecule has 1 saturated carbocycles. The number of piperidine rings is 1. The van der Waals surface area contributed by atoms with Crippen molar-refractivity contribution >= 4 is 11.7 Å². The maximum atomic E-state index is 12.6. The number of aromatic nitrogens is 1. The highest BCUT2D eigenvalue weighted by Gasteiger charge is 2.60. The SMILES string of the molecule is CC(=O)[C@]12CC(C)CC(C1)N2C(=O)c1ccccn1. The monoisotopic (exact) mass is 258 g/mol. The summed E-state index contributed by atoms with van der Waals surface area (Å²) < 4.78 is 0. The van der Waals surface area contributed by atoms with Crippen molar-refractivity contribution < 1.29 is 9.59 Å². The molecule has 1 aromatic rings. The second-order valence-corrected chi connectivity index (χ2v) is 5.88. The molecule has 0 aromatic carbocycles. The van der Waals surface area contributed by atoms with Crippen molar-refractivity contribution in [3.63, 3.8) is 0 Å². The van der Waals surface area contributed by atoms with Crippen LogP contribution in [0, 0.1) is 5.92 Å². The average Bonchev–Trinajstić information content (AvgIpc) is 2.38. The molecule has 1 amide bonds. The average molecular weight is 258 g/mol. The fourth-order valence-electron chi connectivity index (χ4n) is 3.74. The zero-order chi connectivity index (χ0) is 13.6. The Hall–Kier alpha value is -1.71. The van der Waals surface area contributed by atoms with E-state index in [0.717, 1.165) is 19.3 Å². The number of Topliss-reactive ketones (excluding diaryl/α,β-unsaturated/α-hetero) is 1. The maximum Gasteiger partial charge on any atom is 0.273 e. The molecule has 1 aliphatic carbocycles. The molecule has 2 bridgehead atoms. The van der Waals surface area contributed by atoms with Gasteiger partial charge in [-0.15, -0.1) is 0 Å². The maximum absolute atomic E-state index is 12.6. The van der Waals surface area contributed by atoms with Crippen molar-refractivity contribution in [3.05, 3.63) is 30.1 Å². The van der Waals surface area contributed by atoms with Crippen molar-refractivity contribution in [1.82, 2.24) is 9.88 Å². The third kappa shape index (κ3) is 1.70. The predicted molar refractivity (Wildman–Crippen MR) is 70.6 cm³/mol. The molecule has 3 rings (SSSR count). The molecular formula is C15H18N2O2. The van der Waals surface area contributed by atoms with Gasteiger partial charge < -0.3 is 4.90 Å². The van der Waals surface area contributed by atoms with Crippen molar-refractivity contribution in [3.8, 4) is 0 Å². The molecule has 1 aromatic heterocycles. The van der Waals surface area contributed by atoms with Crippen LogP contribution in [0.2, 0.25) is 0 Å². The Labute approximate surface area is 112 Å². The number of ketones is 1. The third-order valence-corrected chi connectivity index (χ3v) is 4.52. The Balaban J connectivity index is 1.93. The van der Waals surface area contributed by atoms with E-state index >= 15 is 0 Å². The fraction of sp³-hybridized carbons (Fsp3) is 0.533. The lowest BCUT2D eigenvalue weighted by molar-refractivity contribution is -0.152. The molecule has 0 N–H and O–H groups in total. The van der Waals surface area contributed by atoms with E-state index in [1.165, 1.54) is 0 Å². The molecule has 2 heterocycles. The fourth-order valence-corrected chi connectivity index (χ4v) is 3.74. The van der Waals surface area contributed by atoms with Gasteiger partial charge in [0.25, 0.3) is 5.91 Å². The summed E-state index contributed by atoms with van der Waals surface area (Å²) in [6.07, 6.45) is 4.22. The predicted octanol–water partition coefficient (Wildman–Crippen LogP) is 2.05. The van der Waals surface area contributed by atoms with Gasteiger partial charge in [-0.3, -0.25) is 14.6 Å². The van der Waals surface area contributed by atoms with Gasteiger partial charge in [0.15, 0.2) is 5.78 Å². The number of carbonyl (C=O) groups is 2. The van der Waals surface area contributed by atoms with E-state index in [0.29, 0.717) is 11.6 Å². The number of amides is 1. The van der Waals surface area contributed by atoms with Crippen LogP contribution in [0.4, 0.5) is 0 Å². The highest BCUT2D eigenvalue weighted by Crippen LogP contribution is 2.50. The molecule has 2 fully saturated rings. The summed E-state index contributed by atoms with van der Waals surface area (Å²) >= 11 is 0. The van der Waals surface area contributed by atoms with Gasteiger partial charge >= 0.3 is 0 Å². The summed E-state index contributed by atoms with van der Waals surface area (Å²) in [5.74, 6) is 0.522. The zero-order valence-corrected chi connectivity index (χ0v) is 11.3. The van der Waals surface area contributed by atoms with E-state index in [9.17, 15) is 9.59 Å². The Morgan fingerprint density at radius 1 is 1.37 bits per heavy atom. The Kier molecular flexibility index (Phi) is 2.69. The molecule has 2 aliphatic rings. The first-order chi connectivity index (χ1) is 9.04. The van der Waals surface area contributed by atoms with E-state index in [2.05, 4.69) is 11.9 Å². The number of carbonyl (C=O) groups excluding carboxylic acids is 2. The van der Waals surface area contributed by atoms with Crippen LogP contribution in [0.3, 0.4) is 0 Å². The molecule has 19 heavy (non-hydrogen) atoms. The molecule has 2 unspecified atom stereocenters. The number of likely N-dealkylation sites (tertiary alicyclic amines) is 1. The lowest BCUT2D eigenvalue weighted by Crippen LogP contribution is -2.74. The van der Waals surface area contributed by atoms with Gasteiger partial charge in [0.1, 0.15) is 11.2 Å². The van der Waals surface area contributed by atoms with Gasteiger partial charge in [0, 0.05) is 12.2 Å². The minimum Gasteiger partial charge on any atom is -0.321 e. The number of pyridine rings is 1. The Morgan fingerprint density at radius 2 is 2.16 bits per heavy atom. The minimum atomic E-state index is -0.559. The minimum absolute atomic E-state index is 0.0982. The number of fused-ring (bicyclic) bond motifs is 2. The van der Waals surface area contributed by atoms with Gasteiger partial charge in [-0.05, 0) is 44.2 Å². The first-order valence-corrected chi connectivity index (χ1v) is 6.80. The molecule has 1 aliphatic heterocycles. The number of hydrogen-bond acceptors (Lipinski definition) is 3. The first kappa shape index (κ1) is 12.3. The molecule has 0 spiro atoms. The summed E-state index contributed by atoms with van der Waals surface area (Å²) in [6.45, 7) is 3.76. The Bertz CT molecular complexity index is 528. The van der Waals surface area contributed by atoms with Gasteiger partial charge in [0.2, 0.25) is 0 Å². The van der Waals surface area contributed by atoms with Crippen LogP contribution in [-0.4, -0.2) is 33.2 Å². The van der Waals surface area contributed by atoms with Gasteiger partial charge in [-0.1, -0.05) is 13.0 Å². The van der Waals surface area contributed by atoms with Crippen LogP contribution in [0.15, 0.2) is 24.4 Å². The lowest BCUT2D eigenvalue weighted by atomic mass is 9.62. The van der Waals surface area contributed by atoms with E-state index in [1.54, 1.807) is 36.2 Å². The van der Waals surface area contributed by atoms with Crippen molar-refractivity contribution in [2.45, 2.75) is 44.7 Å². The smallest absolute Gasteiger partial charge is 0.273 e. The molecule has 4 heteroatoms. The van der Waals surface area contributed by atoms with E-state index in [-0.39, 0.29) is 17.7 Å².